The van der Waals surface area contributed by atoms with E-state index >= 15 is 0 Å². The molecule has 0 aliphatic heterocycles. The molecule has 0 radical (unpaired) electrons. The molecule has 2 aromatic carbocycles. The Morgan fingerprint density at radius 2 is 1.93 bits per heavy atom. The van der Waals surface area contributed by atoms with Crippen LogP contribution in [0.15, 0.2) is 52.5 Å². The van der Waals surface area contributed by atoms with Crippen molar-refractivity contribution >= 4 is 28.5 Å². The lowest BCUT2D eigenvalue weighted by molar-refractivity contribution is 0.565. The number of rotatable bonds is 4. The number of hydrogen-bond donors (Lipinski definition) is 2. The number of nitrogens with two attached hydrogens (primary N) is 1. The minimum Gasteiger partial charge on any atom is -0.383 e. The zero-order valence-electron chi connectivity index (χ0n) is 14.6. The number of anilines is 1. The molecular weight excluding hydrogens is 380 g/mol. The Morgan fingerprint density at radius 3 is 2.71 bits per heavy atom. The van der Waals surface area contributed by atoms with Gasteiger partial charge in [-0.15, -0.1) is 0 Å². The Bertz CT molecular complexity index is 1200. The molecule has 0 atom stereocenters. The van der Waals surface area contributed by atoms with E-state index in [9.17, 15) is 8.78 Å². The van der Waals surface area contributed by atoms with E-state index in [1.807, 2.05) is 24.3 Å². The molecule has 0 saturated heterocycles. The predicted molar refractivity (Wildman–Crippen MR) is 104 cm³/mol. The maximum absolute atomic E-state index is 13.9. The zero-order chi connectivity index (χ0) is 19.3. The van der Waals surface area contributed by atoms with Gasteiger partial charge in [0.05, 0.1) is 21.5 Å². The molecule has 8 heteroatoms. The third-order valence-corrected chi connectivity index (χ3v) is 5.63. The highest BCUT2D eigenvalue weighted by Gasteiger charge is 2.26. The summed E-state index contributed by atoms with van der Waals surface area (Å²) in [7, 11) is 0. The van der Waals surface area contributed by atoms with Crippen molar-refractivity contribution in [3.63, 3.8) is 0 Å². The van der Waals surface area contributed by atoms with Crippen molar-refractivity contribution in [3.05, 3.63) is 59.8 Å². The number of hydrogen-bond acceptors (Lipinski definition) is 5. The van der Waals surface area contributed by atoms with Crippen molar-refractivity contribution < 1.29 is 8.78 Å². The fourth-order valence-electron chi connectivity index (χ4n) is 3.18. The fraction of sp³-hybridized carbons (Fsp3) is 0.150. The Kier molecular flexibility index (Phi) is 4.01. The van der Waals surface area contributed by atoms with Crippen LogP contribution in [0.1, 0.15) is 24.5 Å². The van der Waals surface area contributed by atoms with E-state index < -0.39 is 11.6 Å². The standard InChI is InChI=1S/C20H15F2N5S/c21-11-6-7-17(13(22)8-11)28-20-24-14-3-1-2-12(18(14)19(23)25-20)16-9-15(26-27-16)10-4-5-10/h1-3,6-10H,4-5H2,(H,26,27)(H2,23,24,25). The first-order valence-corrected chi connectivity index (χ1v) is 9.65. The fourth-order valence-corrected chi connectivity index (χ4v) is 3.96. The van der Waals surface area contributed by atoms with Gasteiger partial charge in [-0.1, -0.05) is 12.1 Å². The summed E-state index contributed by atoms with van der Waals surface area (Å²) < 4.78 is 27.1. The van der Waals surface area contributed by atoms with Crippen LogP contribution in [0.2, 0.25) is 0 Å². The van der Waals surface area contributed by atoms with Gasteiger partial charge in [-0.2, -0.15) is 5.10 Å². The van der Waals surface area contributed by atoms with Crippen LogP contribution in [0.25, 0.3) is 22.2 Å². The second kappa shape index (κ2) is 6.56. The highest BCUT2D eigenvalue weighted by molar-refractivity contribution is 7.99. The van der Waals surface area contributed by atoms with Crippen LogP contribution >= 0.6 is 11.8 Å². The quantitative estimate of drug-likeness (QED) is 0.480. The summed E-state index contributed by atoms with van der Waals surface area (Å²) in [5, 5.41) is 8.53. The summed E-state index contributed by atoms with van der Waals surface area (Å²) >= 11 is 1.00. The Labute approximate surface area is 163 Å². The second-order valence-corrected chi connectivity index (χ2v) is 7.76. The lowest BCUT2D eigenvalue weighted by atomic mass is 10.1. The summed E-state index contributed by atoms with van der Waals surface area (Å²) in [5.41, 5.74) is 9.66. The van der Waals surface area contributed by atoms with Crippen molar-refractivity contribution in [2.75, 3.05) is 5.73 Å². The van der Waals surface area contributed by atoms with Gasteiger partial charge in [-0.25, -0.2) is 18.7 Å². The van der Waals surface area contributed by atoms with Crippen LogP contribution in [0.5, 0.6) is 0 Å². The van der Waals surface area contributed by atoms with E-state index in [1.165, 1.54) is 25.0 Å². The minimum absolute atomic E-state index is 0.234. The molecule has 2 aromatic heterocycles. The third kappa shape index (κ3) is 3.09. The first kappa shape index (κ1) is 17.1. The predicted octanol–water partition coefficient (Wildman–Crippen LogP) is 4.91. The largest absolute Gasteiger partial charge is 0.383 e. The molecule has 140 valence electrons. The number of fused-ring (bicyclic) bond motifs is 1. The first-order valence-electron chi connectivity index (χ1n) is 8.83. The number of halogens is 2. The minimum atomic E-state index is -0.662. The third-order valence-electron chi connectivity index (χ3n) is 4.72. The molecule has 2 heterocycles. The summed E-state index contributed by atoms with van der Waals surface area (Å²) in [6, 6.07) is 11.1. The van der Waals surface area contributed by atoms with Gasteiger partial charge in [-0.3, -0.25) is 5.10 Å². The Balaban J connectivity index is 1.56. The molecule has 3 N–H and O–H groups in total. The molecule has 1 aliphatic rings. The Hall–Kier alpha value is -3.00. The van der Waals surface area contributed by atoms with Gasteiger partial charge in [0.2, 0.25) is 0 Å². The van der Waals surface area contributed by atoms with Crippen molar-refractivity contribution in [1.29, 1.82) is 0 Å². The molecular formula is C20H15F2N5S. The monoisotopic (exact) mass is 395 g/mol. The maximum atomic E-state index is 13.9. The van der Waals surface area contributed by atoms with Crippen LogP contribution in [-0.4, -0.2) is 20.2 Å². The number of nitrogen functional groups attached to an aromatic ring is 1. The van der Waals surface area contributed by atoms with E-state index in [1.54, 1.807) is 0 Å². The lowest BCUT2D eigenvalue weighted by Crippen LogP contribution is -1.99. The molecule has 5 rings (SSSR count). The van der Waals surface area contributed by atoms with Gasteiger partial charge in [0, 0.05) is 23.2 Å². The second-order valence-electron chi connectivity index (χ2n) is 6.75. The van der Waals surface area contributed by atoms with Crippen molar-refractivity contribution in [2.24, 2.45) is 0 Å². The average molecular weight is 395 g/mol. The lowest BCUT2D eigenvalue weighted by Gasteiger charge is -2.09. The highest BCUT2D eigenvalue weighted by atomic mass is 32.2. The van der Waals surface area contributed by atoms with Crippen LogP contribution < -0.4 is 5.73 Å². The van der Waals surface area contributed by atoms with Gasteiger partial charge in [-0.05, 0) is 48.9 Å². The molecule has 1 fully saturated rings. The van der Waals surface area contributed by atoms with Gasteiger partial charge < -0.3 is 5.73 Å². The van der Waals surface area contributed by atoms with E-state index in [2.05, 4.69) is 20.2 Å². The van der Waals surface area contributed by atoms with E-state index in [4.69, 9.17) is 5.73 Å². The van der Waals surface area contributed by atoms with Crippen LogP contribution in [-0.2, 0) is 0 Å². The molecule has 1 aliphatic carbocycles. The van der Waals surface area contributed by atoms with Gasteiger partial charge in [0.1, 0.15) is 17.5 Å². The van der Waals surface area contributed by atoms with E-state index in [-0.39, 0.29) is 4.90 Å². The van der Waals surface area contributed by atoms with Crippen LogP contribution in [0.4, 0.5) is 14.6 Å². The van der Waals surface area contributed by atoms with E-state index in [0.29, 0.717) is 27.8 Å². The van der Waals surface area contributed by atoms with Crippen molar-refractivity contribution in [2.45, 2.75) is 28.8 Å². The smallest absolute Gasteiger partial charge is 0.195 e. The molecule has 0 spiro atoms. The topological polar surface area (TPSA) is 80.5 Å². The zero-order valence-corrected chi connectivity index (χ0v) is 15.4. The molecule has 28 heavy (non-hydrogen) atoms. The maximum Gasteiger partial charge on any atom is 0.195 e. The molecule has 0 bridgehead atoms. The first-order chi connectivity index (χ1) is 13.6. The number of benzene rings is 2. The number of nitrogens with zero attached hydrogens (tertiary/aromatic N) is 3. The van der Waals surface area contributed by atoms with Crippen molar-refractivity contribution in [3.8, 4) is 11.3 Å². The average Bonchev–Trinajstić information content (AvgIpc) is 3.40. The summed E-state index contributed by atoms with van der Waals surface area (Å²) in [4.78, 5) is 9.07. The summed E-state index contributed by atoms with van der Waals surface area (Å²) in [6.07, 6.45) is 2.37. The molecule has 4 aromatic rings. The molecule has 0 amide bonds. The van der Waals surface area contributed by atoms with Gasteiger partial charge >= 0.3 is 0 Å². The van der Waals surface area contributed by atoms with Gasteiger partial charge in [0.25, 0.3) is 0 Å². The van der Waals surface area contributed by atoms with Gasteiger partial charge in [0.15, 0.2) is 5.16 Å². The SMILES string of the molecule is Nc1nc(Sc2ccc(F)cc2F)nc2cccc(-c3cc(C4CC4)[nH]n3)c12. The van der Waals surface area contributed by atoms with Crippen molar-refractivity contribution in [1.82, 2.24) is 20.2 Å². The normalized spacial score (nSPS) is 13.9. The summed E-state index contributed by atoms with van der Waals surface area (Å²) in [6.45, 7) is 0. The molecule has 1 saturated carbocycles. The van der Waals surface area contributed by atoms with Crippen LogP contribution in [0.3, 0.4) is 0 Å². The number of aromatic amines is 1. The highest BCUT2D eigenvalue weighted by Crippen LogP contribution is 2.41. The van der Waals surface area contributed by atoms with E-state index in [0.717, 1.165) is 34.8 Å². The molecule has 5 nitrogen and oxygen atoms in total. The Morgan fingerprint density at radius 1 is 1.07 bits per heavy atom. The summed E-state index contributed by atoms with van der Waals surface area (Å²) in [5.74, 6) is -0.430. The van der Waals surface area contributed by atoms with Crippen LogP contribution in [0, 0.1) is 11.6 Å². The number of aromatic nitrogens is 4. The molecule has 0 unspecified atom stereocenters. The number of H-pyrrole nitrogens is 1. The number of nitrogens with one attached hydrogen (secondary N) is 1.